The molecule has 0 aromatic carbocycles. The summed E-state index contributed by atoms with van der Waals surface area (Å²) in [6.45, 7) is 7.30. The highest BCUT2D eigenvalue weighted by Gasteiger charge is 2.36. The van der Waals surface area contributed by atoms with E-state index in [1.165, 1.54) is 15.7 Å². The molecule has 26 heavy (non-hydrogen) atoms. The van der Waals surface area contributed by atoms with Crippen molar-refractivity contribution in [2.45, 2.75) is 45.9 Å². The van der Waals surface area contributed by atoms with Gasteiger partial charge in [0, 0.05) is 17.5 Å². The summed E-state index contributed by atoms with van der Waals surface area (Å²) in [6.07, 6.45) is 3.04. The third-order valence-electron chi connectivity index (χ3n) is 3.89. The minimum absolute atomic E-state index is 0.0715. The fourth-order valence-corrected chi connectivity index (χ4v) is 3.02. The van der Waals surface area contributed by atoms with Crippen molar-refractivity contribution in [1.29, 1.82) is 0 Å². The second kappa shape index (κ2) is 6.55. The molecule has 2 aromatic heterocycles. The molecule has 1 atom stereocenters. The molecule has 0 N–H and O–H groups in total. The molecule has 0 unspecified atom stereocenters. The molecule has 138 valence electrons. The SMILES string of the molecule is C[C@H](C(=O)OC(C)(C)C)N1Cc2cc(-c3nc(Cl)ncc3Cl)cn2C1=O. The number of halogens is 2. The first kappa shape index (κ1) is 18.7. The van der Waals surface area contributed by atoms with Gasteiger partial charge in [-0.05, 0) is 45.4 Å². The van der Waals surface area contributed by atoms with Crippen molar-refractivity contribution in [3.63, 3.8) is 0 Å². The fraction of sp³-hybridized carbons (Fsp3) is 0.412. The minimum Gasteiger partial charge on any atom is -0.458 e. The molecule has 3 heterocycles. The van der Waals surface area contributed by atoms with Gasteiger partial charge in [-0.2, -0.15) is 0 Å². The number of carbonyl (C=O) groups is 2. The summed E-state index contributed by atoms with van der Waals surface area (Å²) in [6, 6.07) is 0.799. The largest absolute Gasteiger partial charge is 0.458 e. The molecular weight excluding hydrogens is 379 g/mol. The molecule has 0 radical (unpaired) electrons. The summed E-state index contributed by atoms with van der Waals surface area (Å²) >= 11 is 12.0. The van der Waals surface area contributed by atoms with Gasteiger partial charge in [0.15, 0.2) is 0 Å². The second-order valence-corrected chi connectivity index (χ2v) is 7.79. The van der Waals surface area contributed by atoms with Crippen LogP contribution in [-0.2, 0) is 16.1 Å². The molecule has 1 aliphatic heterocycles. The topological polar surface area (TPSA) is 77.3 Å². The van der Waals surface area contributed by atoms with E-state index in [4.69, 9.17) is 27.9 Å². The lowest BCUT2D eigenvalue weighted by Gasteiger charge is -2.26. The van der Waals surface area contributed by atoms with Crippen molar-refractivity contribution < 1.29 is 14.3 Å². The van der Waals surface area contributed by atoms with Crippen LogP contribution in [0.3, 0.4) is 0 Å². The highest BCUT2D eigenvalue weighted by molar-refractivity contribution is 6.33. The Morgan fingerprint density at radius 1 is 1.35 bits per heavy atom. The Bertz CT molecular complexity index is 889. The predicted octanol–water partition coefficient (Wildman–Crippen LogP) is 3.77. The van der Waals surface area contributed by atoms with Crippen molar-refractivity contribution in [2.24, 2.45) is 0 Å². The fourth-order valence-electron chi connectivity index (χ4n) is 2.68. The number of rotatable bonds is 3. The van der Waals surface area contributed by atoms with Crippen LogP contribution in [0.25, 0.3) is 11.3 Å². The first-order valence-corrected chi connectivity index (χ1v) is 8.76. The van der Waals surface area contributed by atoms with Gasteiger partial charge in [-0.15, -0.1) is 0 Å². The smallest absolute Gasteiger partial charge is 0.329 e. The van der Waals surface area contributed by atoms with Crippen LogP contribution in [-0.4, -0.2) is 43.1 Å². The molecule has 0 bridgehead atoms. The maximum atomic E-state index is 12.7. The van der Waals surface area contributed by atoms with Crippen molar-refractivity contribution in [1.82, 2.24) is 19.4 Å². The van der Waals surface area contributed by atoms with Gasteiger partial charge in [-0.1, -0.05) is 11.6 Å². The van der Waals surface area contributed by atoms with Crippen LogP contribution in [0.2, 0.25) is 10.3 Å². The zero-order chi connectivity index (χ0) is 19.2. The Hall–Kier alpha value is -2.12. The second-order valence-electron chi connectivity index (χ2n) is 7.05. The molecule has 1 aliphatic rings. The zero-order valence-corrected chi connectivity index (χ0v) is 16.3. The number of aromatic nitrogens is 3. The average molecular weight is 397 g/mol. The number of esters is 1. The number of hydrogen-bond acceptors (Lipinski definition) is 5. The Kier molecular flexibility index (Phi) is 4.71. The first-order valence-electron chi connectivity index (χ1n) is 8.00. The summed E-state index contributed by atoms with van der Waals surface area (Å²) < 4.78 is 6.84. The summed E-state index contributed by atoms with van der Waals surface area (Å²) in [5.41, 5.74) is 1.23. The number of fused-ring (bicyclic) bond motifs is 1. The molecular formula is C17H18Cl2N4O3. The molecule has 7 nitrogen and oxygen atoms in total. The first-order chi connectivity index (χ1) is 12.1. The number of carbonyl (C=O) groups excluding carboxylic acids is 2. The summed E-state index contributed by atoms with van der Waals surface area (Å²) in [5.74, 6) is -0.442. The standard InChI is InChI=1S/C17H18Cl2N4O3/c1-9(14(24)26-17(2,3)4)22-8-11-5-10(7-23(11)16(22)25)13-12(18)6-20-15(19)21-13/h5-7,9H,8H2,1-4H3/t9-/m1/s1. The van der Waals surface area contributed by atoms with E-state index >= 15 is 0 Å². The van der Waals surface area contributed by atoms with Crippen LogP contribution in [0.4, 0.5) is 4.79 Å². The van der Waals surface area contributed by atoms with E-state index in [1.807, 2.05) is 0 Å². The highest BCUT2D eigenvalue weighted by Crippen LogP contribution is 2.31. The van der Waals surface area contributed by atoms with Gasteiger partial charge in [0.25, 0.3) is 0 Å². The predicted molar refractivity (Wildman–Crippen MR) is 97.1 cm³/mol. The number of hydrogen-bond donors (Lipinski definition) is 0. The average Bonchev–Trinajstić information content (AvgIpc) is 3.07. The summed E-state index contributed by atoms with van der Waals surface area (Å²) in [5, 5.41) is 0.410. The van der Waals surface area contributed by atoms with E-state index in [0.717, 1.165) is 5.69 Å². The van der Waals surface area contributed by atoms with E-state index in [0.29, 0.717) is 16.3 Å². The van der Waals surface area contributed by atoms with Crippen LogP contribution >= 0.6 is 23.2 Å². The molecule has 2 aromatic rings. The van der Waals surface area contributed by atoms with Gasteiger partial charge in [-0.3, -0.25) is 4.57 Å². The normalized spacial score (nSPS) is 15.2. The number of nitrogens with zero attached hydrogens (tertiary/aromatic N) is 4. The Balaban J connectivity index is 1.83. The molecule has 9 heteroatoms. The summed E-state index contributed by atoms with van der Waals surface area (Å²) in [4.78, 5) is 34.3. The van der Waals surface area contributed by atoms with Gasteiger partial charge in [0.05, 0.1) is 23.5 Å². The maximum absolute atomic E-state index is 12.7. The number of ether oxygens (including phenoxy) is 1. The van der Waals surface area contributed by atoms with Crippen molar-refractivity contribution in [3.05, 3.63) is 34.5 Å². The van der Waals surface area contributed by atoms with Crippen molar-refractivity contribution >= 4 is 35.2 Å². The van der Waals surface area contributed by atoms with Gasteiger partial charge in [-0.25, -0.2) is 19.6 Å². The van der Waals surface area contributed by atoms with Crippen LogP contribution in [0.15, 0.2) is 18.5 Å². The lowest BCUT2D eigenvalue weighted by molar-refractivity contribution is -0.159. The Labute approximate surface area is 160 Å². The third kappa shape index (κ3) is 3.54. The maximum Gasteiger partial charge on any atom is 0.329 e. The van der Waals surface area contributed by atoms with Crippen LogP contribution < -0.4 is 0 Å². The lowest BCUT2D eigenvalue weighted by atomic mass is 10.2. The monoisotopic (exact) mass is 396 g/mol. The molecule has 3 rings (SSSR count). The van der Waals surface area contributed by atoms with E-state index in [-0.39, 0.29) is 17.9 Å². The molecule has 0 fully saturated rings. The quantitative estimate of drug-likeness (QED) is 0.582. The van der Waals surface area contributed by atoms with Gasteiger partial charge in [0.2, 0.25) is 5.28 Å². The van der Waals surface area contributed by atoms with Crippen molar-refractivity contribution in [2.75, 3.05) is 0 Å². The Morgan fingerprint density at radius 3 is 2.65 bits per heavy atom. The van der Waals surface area contributed by atoms with E-state index in [1.54, 1.807) is 40.0 Å². The molecule has 0 aliphatic carbocycles. The number of amides is 1. The van der Waals surface area contributed by atoms with Gasteiger partial charge < -0.3 is 9.64 Å². The van der Waals surface area contributed by atoms with Crippen LogP contribution in [0, 0.1) is 0 Å². The van der Waals surface area contributed by atoms with E-state index in [9.17, 15) is 9.59 Å². The highest BCUT2D eigenvalue weighted by atomic mass is 35.5. The minimum atomic E-state index is -0.692. The van der Waals surface area contributed by atoms with Gasteiger partial charge >= 0.3 is 12.0 Å². The molecule has 0 spiro atoms. The third-order valence-corrected chi connectivity index (χ3v) is 4.35. The van der Waals surface area contributed by atoms with Crippen LogP contribution in [0.1, 0.15) is 33.4 Å². The summed E-state index contributed by atoms with van der Waals surface area (Å²) in [7, 11) is 0. The zero-order valence-electron chi connectivity index (χ0n) is 14.8. The molecule has 1 amide bonds. The van der Waals surface area contributed by atoms with Crippen molar-refractivity contribution in [3.8, 4) is 11.3 Å². The Morgan fingerprint density at radius 2 is 2.04 bits per heavy atom. The van der Waals surface area contributed by atoms with Gasteiger partial charge in [0.1, 0.15) is 11.6 Å². The van der Waals surface area contributed by atoms with E-state index in [2.05, 4.69) is 9.97 Å². The van der Waals surface area contributed by atoms with Crippen LogP contribution in [0.5, 0.6) is 0 Å². The van der Waals surface area contributed by atoms with E-state index < -0.39 is 17.6 Å². The molecule has 0 saturated carbocycles. The molecule has 0 saturated heterocycles. The lowest BCUT2D eigenvalue weighted by Crippen LogP contribution is -2.43.